The van der Waals surface area contributed by atoms with Gasteiger partial charge in [-0.2, -0.15) is 0 Å². The number of hydrogen-bond donors (Lipinski definition) is 3. The number of ether oxygens (including phenoxy) is 2. The van der Waals surface area contributed by atoms with Crippen molar-refractivity contribution in [3.8, 4) is 11.3 Å². The summed E-state index contributed by atoms with van der Waals surface area (Å²) in [5.74, 6) is -1.63. The van der Waals surface area contributed by atoms with Crippen molar-refractivity contribution in [3.63, 3.8) is 0 Å². The topological polar surface area (TPSA) is 138 Å². The summed E-state index contributed by atoms with van der Waals surface area (Å²) in [6.07, 6.45) is 2.77. The molecule has 3 N–H and O–H groups in total. The number of aromatic nitrogens is 2. The average molecular weight is 512 g/mol. The minimum Gasteiger partial charge on any atom is -0.419 e. The molecule has 0 radical (unpaired) electrons. The fourth-order valence-corrected chi connectivity index (χ4v) is 4.44. The summed E-state index contributed by atoms with van der Waals surface area (Å²) in [7, 11) is -3.40. The van der Waals surface area contributed by atoms with Gasteiger partial charge in [0, 0.05) is 12.1 Å². The molecule has 1 aliphatic heterocycles. The highest BCUT2D eigenvalue weighted by Crippen LogP contribution is 2.22. The Labute approximate surface area is 208 Å². The van der Waals surface area contributed by atoms with Gasteiger partial charge in [0.2, 0.25) is 11.8 Å². The van der Waals surface area contributed by atoms with Gasteiger partial charge >= 0.3 is 0 Å². The highest BCUT2D eigenvalue weighted by atomic mass is 32.2. The van der Waals surface area contributed by atoms with Gasteiger partial charge in [-0.3, -0.25) is 15.8 Å². The van der Waals surface area contributed by atoms with Crippen LogP contribution in [0, 0.1) is 16.6 Å². The highest BCUT2D eigenvalue weighted by Gasteiger charge is 2.20. The molecule has 0 saturated carbocycles. The monoisotopic (exact) mass is 511 g/mol. The summed E-state index contributed by atoms with van der Waals surface area (Å²) in [4.78, 5) is 8.62. The molecule has 1 saturated heterocycles. The van der Waals surface area contributed by atoms with Crippen LogP contribution in [-0.4, -0.2) is 54.7 Å². The Balaban J connectivity index is 1.44. The van der Waals surface area contributed by atoms with Crippen molar-refractivity contribution in [1.29, 1.82) is 10.8 Å². The lowest BCUT2D eigenvalue weighted by Gasteiger charge is -2.27. The van der Waals surface area contributed by atoms with Crippen molar-refractivity contribution < 1.29 is 22.3 Å². The smallest absolute Gasteiger partial charge is 0.241 e. The number of hydrogen-bond acceptors (Lipinski definition) is 9. The summed E-state index contributed by atoms with van der Waals surface area (Å²) in [6.45, 7) is 4.98. The van der Waals surface area contributed by atoms with Crippen molar-refractivity contribution in [2.75, 3.05) is 13.2 Å². The van der Waals surface area contributed by atoms with Crippen LogP contribution < -0.4 is 5.32 Å². The molecule has 4 rings (SSSR count). The van der Waals surface area contributed by atoms with Gasteiger partial charge < -0.3 is 14.8 Å². The van der Waals surface area contributed by atoms with E-state index in [0.29, 0.717) is 31.0 Å². The zero-order valence-electron chi connectivity index (χ0n) is 19.8. The maximum absolute atomic E-state index is 14.6. The van der Waals surface area contributed by atoms with Crippen molar-refractivity contribution >= 4 is 21.6 Å². The summed E-state index contributed by atoms with van der Waals surface area (Å²) in [6, 6.07) is 10.9. The van der Waals surface area contributed by atoms with Gasteiger partial charge in [-0.05, 0) is 43.7 Å². The quantitative estimate of drug-likeness (QED) is 0.311. The maximum Gasteiger partial charge on any atom is 0.241 e. The molecule has 9 nitrogen and oxygen atoms in total. The molecule has 0 aliphatic carbocycles. The molecule has 11 heteroatoms. The van der Waals surface area contributed by atoms with Crippen LogP contribution in [0.1, 0.15) is 30.7 Å². The first-order valence-corrected chi connectivity index (χ1v) is 12.8. The second-order valence-corrected chi connectivity index (χ2v) is 11.1. The number of sulfone groups is 1. The standard InChI is InChI=1S/C25H26FN5O4S/c1-15(2)36(32,33)19-6-4-17(5-7-19)22-11-29-12-23(31-22)25(28)35-24(27)20-8-3-16(9-21(20)26)10-30-18-13-34-14-18/h3-9,11-12,15,18,27-28,30H,10,13-14H2,1-2H3. The lowest BCUT2D eigenvalue weighted by molar-refractivity contribution is -0.00579. The molecule has 0 unspecified atom stereocenters. The lowest BCUT2D eigenvalue weighted by atomic mass is 10.1. The van der Waals surface area contributed by atoms with E-state index >= 15 is 0 Å². The van der Waals surface area contributed by atoms with Crippen LogP contribution in [0.25, 0.3) is 11.3 Å². The van der Waals surface area contributed by atoms with E-state index in [0.717, 1.165) is 5.56 Å². The van der Waals surface area contributed by atoms with Gasteiger partial charge in [-0.1, -0.05) is 18.2 Å². The van der Waals surface area contributed by atoms with Gasteiger partial charge in [0.05, 0.1) is 53.1 Å². The molecule has 1 aromatic heterocycles. The number of benzene rings is 2. The van der Waals surface area contributed by atoms with Crippen molar-refractivity contribution in [2.45, 2.75) is 36.6 Å². The molecule has 36 heavy (non-hydrogen) atoms. The van der Waals surface area contributed by atoms with E-state index in [1.165, 1.54) is 36.7 Å². The van der Waals surface area contributed by atoms with Crippen molar-refractivity contribution in [3.05, 3.63) is 77.5 Å². The van der Waals surface area contributed by atoms with E-state index in [1.807, 2.05) is 0 Å². The van der Waals surface area contributed by atoms with Gasteiger partial charge in [0.15, 0.2) is 9.84 Å². The Bertz CT molecular complexity index is 1390. The first-order chi connectivity index (χ1) is 17.1. The maximum atomic E-state index is 14.6. The van der Waals surface area contributed by atoms with Crippen LogP contribution >= 0.6 is 0 Å². The second kappa shape index (κ2) is 10.6. The Hall–Kier alpha value is -3.54. The fourth-order valence-electron chi connectivity index (χ4n) is 3.38. The Kier molecular flexibility index (Phi) is 7.53. The van der Waals surface area contributed by atoms with E-state index < -0.39 is 32.7 Å². The summed E-state index contributed by atoms with van der Waals surface area (Å²) in [5, 5.41) is 19.0. The lowest BCUT2D eigenvalue weighted by Crippen LogP contribution is -2.45. The fraction of sp³-hybridized carbons (Fsp3) is 0.280. The van der Waals surface area contributed by atoms with Gasteiger partial charge in [0.1, 0.15) is 11.5 Å². The highest BCUT2D eigenvalue weighted by molar-refractivity contribution is 7.92. The average Bonchev–Trinajstić information content (AvgIpc) is 2.83. The molecular weight excluding hydrogens is 485 g/mol. The Morgan fingerprint density at radius 1 is 1.14 bits per heavy atom. The molecule has 0 atom stereocenters. The van der Waals surface area contributed by atoms with E-state index in [4.69, 9.17) is 20.3 Å². The first kappa shape index (κ1) is 25.5. The first-order valence-electron chi connectivity index (χ1n) is 11.3. The Morgan fingerprint density at radius 2 is 1.86 bits per heavy atom. The molecule has 0 amide bonds. The number of halogens is 1. The third-order valence-corrected chi connectivity index (χ3v) is 7.85. The predicted octanol–water partition coefficient (Wildman–Crippen LogP) is 3.32. The van der Waals surface area contributed by atoms with E-state index in [2.05, 4.69) is 15.3 Å². The minimum absolute atomic E-state index is 0.0417. The molecule has 1 fully saturated rings. The number of rotatable bonds is 8. The zero-order valence-corrected chi connectivity index (χ0v) is 20.6. The van der Waals surface area contributed by atoms with Crippen molar-refractivity contribution in [2.24, 2.45) is 0 Å². The molecular formula is C25H26FN5O4S. The van der Waals surface area contributed by atoms with Crippen LogP contribution in [0.4, 0.5) is 4.39 Å². The molecule has 0 spiro atoms. The molecule has 188 valence electrons. The molecule has 2 heterocycles. The number of nitrogens with one attached hydrogen (secondary N) is 3. The minimum atomic E-state index is -3.40. The van der Waals surface area contributed by atoms with Crippen LogP contribution in [0.5, 0.6) is 0 Å². The summed E-state index contributed by atoms with van der Waals surface area (Å²) >= 11 is 0. The van der Waals surface area contributed by atoms with Gasteiger partial charge in [-0.25, -0.2) is 17.8 Å². The Morgan fingerprint density at radius 3 is 2.47 bits per heavy atom. The van der Waals surface area contributed by atoms with Gasteiger partial charge in [0.25, 0.3) is 0 Å². The van der Waals surface area contributed by atoms with Crippen LogP contribution in [0.2, 0.25) is 0 Å². The van der Waals surface area contributed by atoms with Crippen LogP contribution in [-0.2, 0) is 25.9 Å². The SMILES string of the molecule is CC(C)S(=O)(=O)c1ccc(-c2cncc(C(=N)OC(=N)c3ccc(CNC4COC4)cc3F)n2)cc1. The number of nitrogens with zero attached hydrogens (tertiary/aromatic N) is 2. The molecule has 2 aromatic carbocycles. The third-order valence-electron chi connectivity index (χ3n) is 5.68. The third kappa shape index (κ3) is 5.64. The molecule has 1 aliphatic rings. The summed E-state index contributed by atoms with van der Waals surface area (Å²) in [5.41, 5.74) is 1.66. The summed E-state index contributed by atoms with van der Waals surface area (Å²) < 4.78 is 49.6. The van der Waals surface area contributed by atoms with Gasteiger partial charge in [-0.15, -0.1) is 0 Å². The van der Waals surface area contributed by atoms with Crippen LogP contribution in [0.3, 0.4) is 0 Å². The van der Waals surface area contributed by atoms with E-state index in [-0.39, 0.29) is 22.2 Å². The van der Waals surface area contributed by atoms with Crippen LogP contribution in [0.15, 0.2) is 59.8 Å². The second-order valence-electron chi connectivity index (χ2n) is 8.60. The normalized spacial score (nSPS) is 13.9. The van der Waals surface area contributed by atoms with Crippen molar-refractivity contribution in [1.82, 2.24) is 15.3 Å². The molecule has 0 bridgehead atoms. The largest absolute Gasteiger partial charge is 0.419 e. The zero-order chi connectivity index (χ0) is 25.9. The van der Waals surface area contributed by atoms with E-state index in [1.54, 1.807) is 32.0 Å². The predicted molar refractivity (Wildman–Crippen MR) is 132 cm³/mol. The van der Waals surface area contributed by atoms with E-state index in [9.17, 15) is 12.8 Å². The molecule has 3 aromatic rings.